The lowest BCUT2D eigenvalue weighted by Gasteiger charge is -2.16. The van der Waals surface area contributed by atoms with Gasteiger partial charge in [-0.1, -0.05) is 25.2 Å². The van der Waals surface area contributed by atoms with Crippen molar-refractivity contribution in [2.24, 2.45) is 0 Å². The summed E-state index contributed by atoms with van der Waals surface area (Å²) in [6.07, 6.45) is 4.37. The van der Waals surface area contributed by atoms with Crippen molar-refractivity contribution in [1.29, 1.82) is 0 Å². The minimum absolute atomic E-state index is 0.346. The van der Waals surface area contributed by atoms with Gasteiger partial charge in [-0.3, -0.25) is 4.79 Å². The third kappa shape index (κ3) is 4.59. The molecular formula is C17H25N3O2Si. The topological polar surface area (TPSA) is 57.0 Å². The molecule has 0 atom stereocenters. The first-order valence-corrected chi connectivity index (χ1v) is 11.5. The van der Waals surface area contributed by atoms with Gasteiger partial charge in [-0.2, -0.15) is 0 Å². The van der Waals surface area contributed by atoms with Crippen molar-refractivity contribution in [2.75, 3.05) is 6.61 Å². The Morgan fingerprint density at radius 3 is 2.65 bits per heavy atom. The number of hydrogen-bond acceptors (Lipinski definition) is 4. The molecule has 5 nitrogen and oxygen atoms in total. The predicted octanol–water partition coefficient (Wildman–Crippen LogP) is 3.98. The summed E-state index contributed by atoms with van der Waals surface area (Å²) >= 11 is 0. The standard InChI is InChI=1S/C17H25N3O2Si/c1-13(2)8-15-17-16(19-11-18-15)9-14(10-21)20(17)12-22-6-7-23(3,4)5/h8-11H,6-7,12H2,1-5H3. The molecule has 0 saturated heterocycles. The van der Waals surface area contributed by atoms with Crippen molar-refractivity contribution in [2.45, 2.75) is 46.3 Å². The molecule has 0 saturated carbocycles. The molecule has 2 heterocycles. The van der Waals surface area contributed by atoms with E-state index in [4.69, 9.17) is 4.74 Å². The molecular weight excluding hydrogens is 306 g/mol. The lowest BCUT2D eigenvalue weighted by molar-refractivity contribution is 0.0863. The molecule has 0 N–H and O–H groups in total. The third-order valence-corrected chi connectivity index (χ3v) is 5.21. The molecule has 2 aromatic heterocycles. The van der Waals surface area contributed by atoms with Crippen LogP contribution in [-0.4, -0.2) is 35.5 Å². The second-order valence-corrected chi connectivity index (χ2v) is 12.8. The lowest BCUT2D eigenvalue weighted by Crippen LogP contribution is -2.22. The maximum atomic E-state index is 11.4. The van der Waals surface area contributed by atoms with E-state index in [0.717, 1.165) is 34.6 Å². The van der Waals surface area contributed by atoms with Gasteiger partial charge in [-0.25, -0.2) is 9.97 Å². The van der Waals surface area contributed by atoms with E-state index in [1.807, 2.05) is 24.5 Å². The highest BCUT2D eigenvalue weighted by molar-refractivity contribution is 6.76. The highest BCUT2D eigenvalue weighted by atomic mass is 28.3. The van der Waals surface area contributed by atoms with Crippen LogP contribution in [0, 0.1) is 0 Å². The Kier molecular flexibility index (Phi) is 5.49. The van der Waals surface area contributed by atoms with Crippen molar-refractivity contribution in [3.8, 4) is 0 Å². The molecule has 0 aromatic carbocycles. The number of aldehydes is 1. The fraction of sp³-hybridized carbons (Fsp3) is 0.471. The average molecular weight is 331 g/mol. The summed E-state index contributed by atoms with van der Waals surface area (Å²) in [6.45, 7) is 12.0. The summed E-state index contributed by atoms with van der Waals surface area (Å²) in [5.74, 6) is 0. The Morgan fingerprint density at radius 1 is 1.30 bits per heavy atom. The number of carbonyl (C=O) groups is 1. The van der Waals surface area contributed by atoms with Crippen molar-refractivity contribution in [3.05, 3.63) is 29.4 Å². The smallest absolute Gasteiger partial charge is 0.166 e. The van der Waals surface area contributed by atoms with Gasteiger partial charge in [-0.15, -0.1) is 0 Å². The SMILES string of the molecule is CC(C)=Cc1ncnc2cc(C=O)n(COCC[Si](C)(C)C)c12. The lowest BCUT2D eigenvalue weighted by atomic mass is 10.2. The first-order valence-electron chi connectivity index (χ1n) is 7.84. The molecule has 23 heavy (non-hydrogen) atoms. The van der Waals surface area contributed by atoms with Gasteiger partial charge in [-0.05, 0) is 32.0 Å². The van der Waals surface area contributed by atoms with E-state index in [1.165, 1.54) is 6.33 Å². The normalized spacial score (nSPS) is 11.7. The van der Waals surface area contributed by atoms with Crippen LogP contribution in [0.15, 0.2) is 18.0 Å². The number of hydrogen-bond donors (Lipinski definition) is 0. The fourth-order valence-corrected chi connectivity index (χ4v) is 3.04. The van der Waals surface area contributed by atoms with Gasteiger partial charge in [0.1, 0.15) is 13.1 Å². The monoisotopic (exact) mass is 331 g/mol. The molecule has 0 fully saturated rings. The van der Waals surface area contributed by atoms with Gasteiger partial charge in [0.05, 0.1) is 22.4 Å². The van der Waals surface area contributed by atoms with Crippen LogP contribution >= 0.6 is 0 Å². The third-order valence-electron chi connectivity index (χ3n) is 3.51. The number of fused-ring (bicyclic) bond motifs is 1. The zero-order valence-corrected chi connectivity index (χ0v) is 15.6. The highest BCUT2D eigenvalue weighted by Crippen LogP contribution is 2.22. The minimum atomic E-state index is -1.13. The second-order valence-electron chi connectivity index (χ2n) is 7.18. The Morgan fingerprint density at radius 2 is 2.04 bits per heavy atom. The second kappa shape index (κ2) is 7.19. The molecule has 6 heteroatoms. The Hall–Kier alpha value is -1.79. The van der Waals surface area contributed by atoms with Crippen LogP contribution in [0.2, 0.25) is 25.7 Å². The zero-order chi connectivity index (χ0) is 17.0. The quantitative estimate of drug-likeness (QED) is 0.437. The van der Waals surface area contributed by atoms with Crippen molar-refractivity contribution in [3.63, 3.8) is 0 Å². The van der Waals surface area contributed by atoms with E-state index >= 15 is 0 Å². The predicted molar refractivity (Wildman–Crippen MR) is 96.3 cm³/mol. The Balaban J connectivity index is 2.33. The molecule has 0 unspecified atom stereocenters. The molecule has 0 radical (unpaired) electrons. The summed E-state index contributed by atoms with van der Waals surface area (Å²) in [4.78, 5) is 20.0. The van der Waals surface area contributed by atoms with Gasteiger partial charge in [0.2, 0.25) is 0 Å². The zero-order valence-electron chi connectivity index (χ0n) is 14.6. The number of ether oxygens (including phenoxy) is 1. The molecule has 0 aliphatic carbocycles. The first-order chi connectivity index (χ1) is 10.8. The van der Waals surface area contributed by atoms with Crippen molar-refractivity contribution >= 4 is 31.5 Å². The first kappa shape index (κ1) is 17.6. The summed E-state index contributed by atoms with van der Waals surface area (Å²) in [5.41, 5.74) is 4.14. The van der Waals surface area contributed by atoms with Crippen LogP contribution < -0.4 is 0 Å². The van der Waals surface area contributed by atoms with Crippen molar-refractivity contribution in [1.82, 2.24) is 14.5 Å². The van der Waals surface area contributed by atoms with E-state index in [2.05, 4.69) is 29.6 Å². The fourth-order valence-electron chi connectivity index (χ4n) is 2.29. The van der Waals surface area contributed by atoms with Gasteiger partial charge in [0.15, 0.2) is 6.29 Å². The summed E-state index contributed by atoms with van der Waals surface area (Å²) in [6, 6.07) is 2.88. The molecule has 0 aliphatic rings. The molecule has 0 bridgehead atoms. The molecule has 2 rings (SSSR count). The van der Waals surface area contributed by atoms with Crippen LogP contribution in [0.25, 0.3) is 17.1 Å². The van der Waals surface area contributed by atoms with E-state index in [9.17, 15) is 4.79 Å². The molecule has 124 valence electrons. The number of aromatic nitrogens is 3. The number of nitrogens with zero attached hydrogens (tertiary/aromatic N) is 3. The molecule has 0 amide bonds. The number of carbonyl (C=O) groups excluding carboxylic acids is 1. The van der Waals surface area contributed by atoms with E-state index in [1.54, 1.807) is 6.07 Å². The minimum Gasteiger partial charge on any atom is -0.361 e. The summed E-state index contributed by atoms with van der Waals surface area (Å²) < 4.78 is 7.69. The number of rotatable bonds is 7. The van der Waals surface area contributed by atoms with Gasteiger partial charge in [0, 0.05) is 14.7 Å². The van der Waals surface area contributed by atoms with Crippen LogP contribution in [0.5, 0.6) is 0 Å². The molecule has 0 aliphatic heterocycles. The number of allylic oxidation sites excluding steroid dienone is 1. The molecule has 0 spiro atoms. The average Bonchev–Trinajstić information content (AvgIpc) is 2.81. The van der Waals surface area contributed by atoms with Crippen LogP contribution in [0.4, 0.5) is 0 Å². The van der Waals surface area contributed by atoms with Crippen molar-refractivity contribution < 1.29 is 9.53 Å². The maximum absolute atomic E-state index is 11.4. The highest BCUT2D eigenvalue weighted by Gasteiger charge is 2.15. The largest absolute Gasteiger partial charge is 0.361 e. The van der Waals surface area contributed by atoms with Crippen LogP contribution in [0.1, 0.15) is 30.0 Å². The summed E-state index contributed by atoms with van der Waals surface area (Å²) in [7, 11) is -1.13. The van der Waals surface area contributed by atoms with E-state index in [-0.39, 0.29) is 0 Å². The Bertz CT molecular complexity index is 725. The van der Waals surface area contributed by atoms with Gasteiger partial charge < -0.3 is 9.30 Å². The van der Waals surface area contributed by atoms with Crippen LogP contribution in [0.3, 0.4) is 0 Å². The van der Waals surface area contributed by atoms with Gasteiger partial charge in [0.25, 0.3) is 0 Å². The molecule has 2 aromatic rings. The summed E-state index contributed by atoms with van der Waals surface area (Å²) in [5, 5.41) is 0. The van der Waals surface area contributed by atoms with E-state index in [0.29, 0.717) is 19.0 Å². The van der Waals surface area contributed by atoms with Crippen LogP contribution in [-0.2, 0) is 11.5 Å². The Labute approximate surface area is 138 Å². The van der Waals surface area contributed by atoms with Gasteiger partial charge >= 0.3 is 0 Å². The maximum Gasteiger partial charge on any atom is 0.166 e. The van der Waals surface area contributed by atoms with E-state index < -0.39 is 8.07 Å².